The van der Waals surface area contributed by atoms with Crippen LogP contribution in [0.3, 0.4) is 0 Å². The van der Waals surface area contributed by atoms with Gasteiger partial charge in [-0.05, 0) is 0 Å². The average Bonchev–Trinajstić information content (AvgIpc) is 1.76. The topological polar surface area (TPSA) is 0 Å². The molecule has 0 saturated carbocycles. The SMILES string of the molecule is C1=C[AsH]P=C1. The fourth-order valence-corrected chi connectivity index (χ4v) is 3.35. The molecule has 26 valence electrons. The van der Waals surface area contributed by atoms with Crippen molar-refractivity contribution >= 4 is 27.9 Å². The Morgan fingerprint density at radius 1 is 1.60 bits per heavy atom. The molecule has 1 heterocycles. The summed E-state index contributed by atoms with van der Waals surface area (Å²) in [6, 6.07) is 0. The third kappa shape index (κ3) is 0.910. The van der Waals surface area contributed by atoms with Crippen molar-refractivity contribution in [2.45, 2.75) is 0 Å². The van der Waals surface area contributed by atoms with Crippen molar-refractivity contribution in [3.8, 4) is 0 Å². The van der Waals surface area contributed by atoms with Crippen LogP contribution < -0.4 is 0 Å². The maximum atomic E-state index is 2.29. The molecule has 1 aliphatic rings. The molecule has 0 aromatic rings. The molecule has 0 fully saturated rings. The summed E-state index contributed by atoms with van der Waals surface area (Å²) < 4.78 is 0. The summed E-state index contributed by atoms with van der Waals surface area (Å²) in [6.07, 6.45) is 2.15. The van der Waals surface area contributed by atoms with Gasteiger partial charge in [0.15, 0.2) is 0 Å². The zero-order valence-corrected chi connectivity index (χ0v) is 5.67. The van der Waals surface area contributed by atoms with Crippen molar-refractivity contribution < 1.29 is 0 Å². The molecular weight excluding hydrogens is 142 g/mol. The van der Waals surface area contributed by atoms with Crippen LogP contribution in [-0.2, 0) is 0 Å². The van der Waals surface area contributed by atoms with Gasteiger partial charge in [-0.1, -0.05) is 0 Å². The summed E-state index contributed by atoms with van der Waals surface area (Å²) in [5.41, 5.74) is 0. The number of allylic oxidation sites excluding steroid dienone is 1. The molecule has 0 amide bonds. The van der Waals surface area contributed by atoms with Crippen molar-refractivity contribution in [2.24, 2.45) is 0 Å². The molecule has 1 aliphatic heterocycles. The molecule has 0 radical (unpaired) electrons. The molecule has 0 aliphatic carbocycles. The zero-order valence-electron chi connectivity index (χ0n) is 2.68. The molecule has 1 rings (SSSR count). The first-order valence-corrected chi connectivity index (χ1v) is 6.43. The van der Waals surface area contributed by atoms with E-state index in [2.05, 4.69) is 16.7 Å². The van der Waals surface area contributed by atoms with Gasteiger partial charge in [-0.25, -0.2) is 0 Å². The van der Waals surface area contributed by atoms with Gasteiger partial charge in [-0.3, -0.25) is 0 Å². The Morgan fingerprint density at radius 3 is 2.80 bits per heavy atom. The van der Waals surface area contributed by atoms with Gasteiger partial charge in [0.2, 0.25) is 0 Å². The quantitative estimate of drug-likeness (QED) is 0.347. The van der Waals surface area contributed by atoms with E-state index in [0.29, 0.717) is 15.3 Å². The minimum absolute atomic E-state index is 0.375. The molecule has 5 heavy (non-hydrogen) atoms. The molecule has 0 nitrogen and oxygen atoms in total. The molecule has 0 saturated heterocycles. The van der Waals surface area contributed by atoms with Gasteiger partial charge >= 0.3 is 38.8 Å². The second-order valence-corrected chi connectivity index (χ2v) is 5.53. The fourth-order valence-electron chi connectivity index (χ4n) is 0.215. The zero-order chi connectivity index (χ0) is 3.54. The van der Waals surface area contributed by atoms with Gasteiger partial charge in [0.05, 0.1) is 0 Å². The van der Waals surface area contributed by atoms with Crippen molar-refractivity contribution in [1.29, 1.82) is 0 Å². The van der Waals surface area contributed by atoms with E-state index in [1.165, 1.54) is 0 Å². The van der Waals surface area contributed by atoms with Crippen LogP contribution in [0, 0.1) is 0 Å². The summed E-state index contributed by atoms with van der Waals surface area (Å²) in [4.78, 5) is 2.29. The van der Waals surface area contributed by atoms with Gasteiger partial charge < -0.3 is 0 Å². The third-order valence-electron chi connectivity index (χ3n) is 0.406. The van der Waals surface area contributed by atoms with Crippen LogP contribution in [0.4, 0.5) is 0 Å². The van der Waals surface area contributed by atoms with Crippen LogP contribution in [0.15, 0.2) is 10.9 Å². The molecule has 0 spiro atoms. The normalized spacial score (nSPS) is 25.6. The molecule has 2 heteroatoms. The molecule has 0 bridgehead atoms. The summed E-state index contributed by atoms with van der Waals surface area (Å²) in [5.74, 6) is 2.21. The minimum atomic E-state index is 0.375. The molecular formula is C3H4AsP. The Bertz CT molecular complexity index is 65.0. The van der Waals surface area contributed by atoms with Crippen molar-refractivity contribution in [3.05, 3.63) is 10.9 Å². The van der Waals surface area contributed by atoms with Gasteiger partial charge in [-0.2, -0.15) is 0 Å². The van der Waals surface area contributed by atoms with E-state index in [9.17, 15) is 0 Å². The number of hydrogen-bond donors (Lipinski definition) is 0. The van der Waals surface area contributed by atoms with Crippen molar-refractivity contribution in [3.63, 3.8) is 0 Å². The third-order valence-corrected chi connectivity index (χ3v) is 4.24. The van der Waals surface area contributed by atoms with Crippen LogP contribution in [0.5, 0.6) is 0 Å². The summed E-state index contributed by atoms with van der Waals surface area (Å²) >= 11 is 0.375. The van der Waals surface area contributed by atoms with E-state index in [1.54, 1.807) is 6.76 Å². The van der Waals surface area contributed by atoms with E-state index in [4.69, 9.17) is 0 Å². The Hall–Kier alpha value is 0.468. The summed E-state index contributed by atoms with van der Waals surface area (Å²) in [6.45, 7) is 1.58. The van der Waals surface area contributed by atoms with Crippen LogP contribution in [0.1, 0.15) is 0 Å². The monoisotopic (exact) mass is 146 g/mol. The number of hydrogen-bond acceptors (Lipinski definition) is 0. The van der Waals surface area contributed by atoms with Gasteiger partial charge in [-0.15, -0.1) is 0 Å². The van der Waals surface area contributed by atoms with Gasteiger partial charge in [0.1, 0.15) is 0 Å². The average molecular weight is 146 g/mol. The predicted octanol–water partition coefficient (Wildman–Crippen LogP) is 0.614. The van der Waals surface area contributed by atoms with E-state index >= 15 is 0 Å². The van der Waals surface area contributed by atoms with Gasteiger partial charge in [0, 0.05) is 0 Å². The Labute approximate surface area is 39.3 Å². The second-order valence-electron chi connectivity index (χ2n) is 0.766. The van der Waals surface area contributed by atoms with E-state index in [0.717, 1.165) is 0 Å². The molecule has 0 aromatic carbocycles. The van der Waals surface area contributed by atoms with Crippen LogP contribution in [-0.4, -0.2) is 21.1 Å². The standard InChI is InChI=1S/C3H4AsP/c1-2-4-5-3-1/h1-4H. The van der Waals surface area contributed by atoms with E-state index in [-0.39, 0.29) is 0 Å². The number of rotatable bonds is 0. The molecule has 0 aromatic heterocycles. The molecule has 0 N–H and O–H groups in total. The Morgan fingerprint density at radius 2 is 2.60 bits per heavy atom. The van der Waals surface area contributed by atoms with Crippen LogP contribution in [0.2, 0.25) is 0 Å². The van der Waals surface area contributed by atoms with Crippen LogP contribution >= 0.6 is 6.76 Å². The fraction of sp³-hybridized carbons (Fsp3) is 0. The second kappa shape index (κ2) is 1.80. The summed E-state index contributed by atoms with van der Waals surface area (Å²) in [5, 5.41) is 0. The van der Waals surface area contributed by atoms with E-state index < -0.39 is 0 Å². The van der Waals surface area contributed by atoms with Crippen molar-refractivity contribution in [2.75, 3.05) is 0 Å². The first kappa shape index (κ1) is 3.65. The first-order valence-electron chi connectivity index (χ1n) is 1.44. The van der Waals surface area contributed by atoms with E-state index in [1.807, 2.05) is 0 Å². The van der Waals surface area contributed by atoms with Crippen LogP contribution in [0.25, 0.3) is 0 Å². The van der Waals surface area contributed by atoms with Crippen molar-refractivity contribution in [1.82, 2.24) is 0 Å². The predicted molar refractivity (Wildman–Crippen MR) is 29.3 cm³/mol. The van der Waals surface area contributed by atoms with Gasteiger partial charge in [0.25, 0.3) is 0 Å². The summed E-state index contributed by atoms with van der Waals surface area (Å²) in [7, 11) is 0. The first-order chi connectivity index (χ1) is 2.50. The molecule has 1 atom stereocenters. The molecule has 1 unspecified atom stereocenters. The Kier molecular flexibility index (Phi) is 1.31. The maximum absolute atomic E-state index is 2.29. The Balaban J connectivity index is 2.61.